The lowest BCUT2D eigenvalue weighted by atomic mass is 9.97. The third-order valence-electron chi connectivity index (χ3n) is 5.23. The summed E-state index contributed by atoms with van der Waals surface area (Å²) in [6.45, 7) is 9.42. The van der Waals surface area contributed by atoms with Crippen LogP contribution in [0.2, 0.25) is 0 Å². The van der Waals surface area contributed by atoms with Gasteiger partial charge >= 0.3 is 0 Å². The SMILES string of the molecule is CCOc1ccc(C(=O)NCC(c2ccc(C)o2)N2CCC(C)CC2)cc1. The van der Waals surface area contributed by atoms with E-state index in [1.165, 1.54) is 12.8 Å². The second-order valence-corrected chi connectivity index (χ2v) is 7.35. The van der Waals surface area contributed by atoms with Crippen LogP contribution in [-0.4, -0.2) is 37.0 Å². The van der Waals surface area contributed by atoms with Crippen molar-refractivity contribution in [3.63, 3.8) is 0 Å². The minimum absolute atomic E-state index is 0.0675. The number of likely N-dealkylation sites (tertiary alicyclic amines) is 1. The van der Waals surface area contributed by atoms with Gasteiger partial charge in [0.2, 0.25) is 0 Å². The number of hydrogen-bond acceptors (Lipinski definition) is 4. The minimum Gasteiger partial charge on any atom is -0.494 e. The first-order valence-electron chi connectivity index (χ1n) is 9.88. The predicted octanol–water partition coefficient (Wildman–Crippen LogP) is 4.19. The average Bonchev–Trinajstić information content (AvgIpc) is 3.10. The van der Waals surface area contributed by atoms with E-state index in [0.29, 0.717) is 18.7 Å². The number of carbonyl (C=O) groups excluding carboxylic acids is 1. The van der Waals surface area contributed by atoms with Crippen LogP contribution in [0, 0.1) is 12.8 Å². The van der Waals surface area contributed by atoms with Crippen molar-refractivity contribution < 1.29 is 13.9 Å². The van der Waals surface area contributed by atoms with Crippen LogP contribution < -0.4 is 10.1 Å². The number of furan rings is 1. The molecule has 1 aromatic heterocycles. The van der Waals surface area contributed by atoms with Gasteiger partial charge in [0.1, 0.15) is 17.3 Å². The van der Waals surface area contributed by atoms with Gasteiger partial charge in [-0.05, 0) is 82.1 Å². The summed E-state index contributed by atoms with van der Waals surface area (Å²) in [6, 6.07) is 11.3. The minimum atomic E-state index is -0.0725. The standard InChI is InChI=1S/C22H30N2O3/c1-4-26-19-8-6-18(7-9-19)22(25)23-15-20(21-10-5-17(3)27-21)24-13-11-16(2)12-14-24/h5-10,16,20H,4,11-15H2,1-3H3,(H,23,25). The Labute approximate surface area is 161 Å². The first-order chi connectivity index (χ1) is 13.1. The summed E-state index contributed by atoms with van der Waals surface area (Å²) in [5, 5.41) is 3.09. The Morgan fingerprint density at radius 2 is 1.93 bits per heavy atom. The van der Waals surface area contributed by atoms with Gasteiger partial charge in [0.25, 0.3) is 5.91 Å². The van der Waals surface area contributed by atoms with Crippen molar-refractivity contribution in [1.82, 2.24) is 10.2 Å². The first kappa shape index (κ1) is 19.5. The Morgan fingerprint density at radius 1 is 1.22 bits per heavy atom. The van der Waals surface area contributed by atoms with E-state index >= 15 is 0 Å². The fraction of sp³-hybridized carbons (Fsp3) is 0.500. The number of ether oxygens (including phenoxy) is 1. The van der Waals surface area contributed by atoms with Gasteiger partial charge in [0, 0.05) is 12.1 Å². The largest absolute Gasteiger partial charge is 0.494 e. The summed E-state index contributed by atoms with van der Waals surface area (Å²) in [4.78, 5) is 15.0. The van der Waals surface area contributed by atoms with Crippen molar-refractivity contribution >= 4 is 5.91 Å². The number of piperidine rings is 1. The maximum atomic E-state index is 12.6. The summed E-state index contributed by atoms with van der Waals surface area (Å²) in [5.41, 5.74) is 0.639. The molecule has 1 saturated heterocycles. The molecule has 0 aliphatic carbocycles. The number of benzene rings is 1. The number of amides is 1. The molecule has 1 unspecified atom stereocenters. The smallest absolute Gasteiger partial charge is 0.251 e. The van der Waals surface area contributed by atoms with Gasteiger partial charge in [-0.25, -0.2) is 0 Å². The van der Waals surface area contributed by atoms with Gasteiger partial charge in [-0.3, -0.25) is 9.69 Å². The van der Waals surface area contributed by atoms with Crippen LogP contribution in [0.25, 0.3) is 0 Å². The number of carbonyl (C=O) groups is 1. The molecule has 1 aliphatic rings. The lowest BCUT2D eigenvalue weighted by Gasteiger charge is -2.35. The lowest BCUT2D eigenvalue weighted by molar-refractivity contribution is 0.0895. The molecule has 3 rings (SSSR count). The molecule has 0 bridgehead atoms. The van der Waals surface area contributed by atoms with Crippen LogP contribution >= 0.6 is 0 Å². The third-order valence-corrected chi connectivity index (χ3v) is 5.23. The predicted molar refractivity (Wildman–Crippen MR) is 106 cm³/mol. The average molecular weight is 370 g/mol. The summed E-state index contributed by atoms with van der Waals surface area (Å²) in [6.07, 6.45) is 2.37. The Morgan fingerprint density at radius 3 is 2.52 bits per heavy atom. The van der Waals surface area contributed by atoms with Gasteiger partial charge in [-0.2, -0.15) is 0 Å². The highest BCUT2D eigenvalue weighted by molar-refractivity contribution is 5.94. The molecule has 27 heavy (non-hydrogen) atoms. The third kappa shape index (κ3) is 5.13. The highest BCUT2D eigenvalue weighted by Gasteiger charge is 2.27. The van der Waals surface area contributed by atoms with E-state index in [9.17, 15) is 4.79 Å². The molecular formula is C22H30N2O3. The molecule has 2 heterocycles. The van der Waals surface area contributed by atoms with Gasteiger partial charge < -0.3 is 14.5 Å². The summed E-state index contributed by atoms with van der Waals surface area (Å²) < 4.78 is 11.3. The summed E-state index contributed by atoms with van der Waals surface area (Å²) in [7, 11) is 0. The molecule has 0 spiro atoms. The van der Waals surface area contributed by atoms with Crippen molar-refractivity contribution in [1.29, 1.82) is 0 Å². The van der Waals surface area contributed by atoms with Gasteiger partial charge in [0.05, 0.1) is 12.6 Å². The molecule has 5 nitrogen and oxygen atoms in total. The van der Waals surface area contributed by atoms with Gasteiger partial charge in [-0.1, -0.05) is 6.92 Å². The monoisotopic (exact) mass is 370 g/mol. The second kappa shape index (κ2) is 9.09. The Bertz CT molecular complexity index is 730. The molecule has 1 fully saturated rings. The van der Waals surface area contributed by atoms with Crippen LogP contribution in [0.15, 0.2) is 40.8 Å². The van der Waals surface area contributed by atoms with Crippen molar-refractivity contribution in [2.45, 2.75) is 39.7 Å². The van der Waals surface area contributed by atoms with Crippen molar-refractivity contribution in [2.75, 3.05) is 26.2 Å². The molecule has 1 aliphatic heterocycles. The molecule has 5 heteroatoms. The van der Waals surface area contributed by atoms with E-state index in [2.05, 4.69) is 17.1 Å². The first-order valence-corrected chi connectivity index (χ1v) is 9.88. The van der Waals surface area contributed by atoms with Crippen LogP contribution in [-0.2, 0) is 0 Å². The van der Waals surface area contributed by atoms with Crippen LogP contribution in [0.1, 0.15) is 54.6 Å². The highest BCUT2D eigenvalue weighted by atomic mass is 16.5. The molecule has 0 radical (unpaired) electrons. The molecule has 1 N–H and O–H groups in total. The van der Waals surface area contributed by atoms with Crippen LogP contribution in [0.3, 0.4) is 0 Å². The fourth-order valence-corrected chi connectivity index (χ4v) is 3.54. The molecular weight excluding hydrogens is 340 g/mol. The van der Waals surface area contributed by atoms with E-state index in [1.807, 2.05) is 38.1 Å². The quantitative estimate of drug-likeness (QED) is 0.794. The summed E-state index contributed by atoms with van der Waals surface area (Å²) >= 11 is 0. The fourth-order valence-electron chi connectivity index (χ4n) is 3.54. The molecule has 1 atom stereocenters. The van der Waals surface area contributed by atoms with Crippen molar-refractivity contribution in [2.24, 2.45) is 5.92 Å². The zero-order valence-electron chi connectivity index (χ0n) is 16.5. The second-order valence-electron chi connectivity index (χ2n) is 7.35. The van der Waals surface area contributed by atoms with Crippen LogP contribution in [0.5, 0.6) is 5.75 Å². The lowest BCUT2D eigenvalue weighted by Crippen LogP contribution is -2.41. The number of nitrogens with one attached hydrogen (secondary N) is 1. The van der Waals surface area contributed by atoms with Crippen molar-refractivity contribution in [3.05, 3.63) is 53.5 Å². The summed E-state index contributed by atoms with van der Waals surface area (Å²) in [5.74, 6) is 3.29. The van der Waals surface area contributed by atoms with E-state index in [4.69, 9.17) is 9.15 Å². The number of rotatable bonds is 7. The van der Waals surface area contributed by atoms with Gasteiger partial charge in [-0.15, -0.1) is 0 Å². The van der Waals surface area contributed by atoms with E-state index in [-0.39, 0.29) is 11.9 Å². The maximum absolute atomic E-state index is 12.6. The van der Waals surface area contributed by atoms with Gasteiger partial charge in [0.15, 0.2) is 0 Å². The van der Waals surface area contributed by atoms with Crippen molar-refractivity contribution in [3.8, 4) is 5.75 Å². The normalized spacial score (nSPS) is 16.9. The van der Waals surface area contributed by atoms with E-state index in [0.717, 1.165) is 36.3 Å². The van der Waals surface area contributed by atoms with E-state index < -0.39 is 0 Å². The number of nitrogens with zero attached hydrogens (tertiary/aromatic N) is 1. The molecule has 0 saturated carbocycles. The zero-order chi connectivity index (χ0) is 19.2. The molecule has 1 amide bonds. The van der Waals surface area contributed by atoms with Crippen LogP contribution in [0.4, 0.5) is 0 Å². The Hall–Kier alpha value is -2.27. The zero-order valence-corrected chi connectivity index (χ0v) is 16.5. The molecule has 2 aromatic rings. The molecule has 146 valence electrons. The maximum Gasteiger partial charge on any atom is 0.251 e. The Balaban J connectivity index is 1.65. The number of aryl methyl sites for hydroxylation is 1. The molecule has 1 aromatic carbocycles. The number of hydrogen-bond donors (Lipinski definition) is 1. The topological polar surface area (TPSA) is 54.7 Å². The highest BCUT2D eigenvalue weighted by Crippen LogP contribution is 2.27. The van der Waals surface area contributed by atoms with E-state index in [1.54, 1.807) is 12.1 Å². The Kier molecular flexibility index (Phi) is 6.56.